The summed E-state index contributed by atoms with van der Waals surface area (Å²) in [5.41, 5.74) is 3.02. The highest BCUT2D eigenvalue weighted by Crippen LogP contribution is 2.20. The van der Waals surface area contributed by atoms with Crippen molar-refractivity contribution in [2.75, 3.05) is 38.2 Å². The minimum absolute atomic E-state index is 0.178. The monoisotopic (exact) mass is 524 g/mol. The van der Waals surface area contributed by atoms with Crippen molar-refractivity contribution >= 4 is 33.7 Å². The summed E-state index contributed by atoms with van der Waals surface area (Å²) in [6.07, 6.45) is 6.67. The van der Waals surface area contributed by atoms with Crippen molar-refractivity contribution in [2.45, 2.75) is 25.7 Å². The van der Waals surface area contributed by atoms with Gasteiger partial charge in [-0.2, -0.15) is 5.26 Å². The molecule has 0 fully saturated rings. The molecule has 0 radical (unpaired) electrons. The molecule has 196 valence electrons. The zero-order valence-corrected chi connectivity index (χ0v) is 22.3. The smallest absolute Gasteiger partial charge is 0.332 e. The van der Waals surface area contributed by atoms with E-state index < -0.39 is 16.1 Å². The maximum absolute atomic E-state index is 12.0. The highest BCUT2D eigenvalue weighted by atomic mass is 32.2. The molecule has 0 N–H and O–H groups in total. The van der Waals surface area contributed by atoms with Crippen molar-refractivity contribution in [1.82, 2.24) is 0 Å². The van der Waals surface area contributed by atoms with Crippen molar-refractivity contribution in [3.8, 4) is 6.07 Å². The number of carbonyl (C=O) groups excluding carboxylic acids is 1. The standard InChI is InChI=1S/C20H25N4O2.C7H8O3S/c1-4-23(5-2)19-8-6-17(7-9-19)18(15-21)14-20(25)26-13-12-24(3)11-10-22-16-24;1-6-2-4-7(5-3-6)11(8,9)10/h6-11,14,16H,4-5,12-13H2,1-3H3;2-5H,1H3,(H,8,9,10)/q+1;/p-1. The molecule has 1 heterocycles. The number of quaternary nitrogens is 1. The molecule has 2 aromatic rings. The summed E-state index contributed by atoms with van der Waals surface area (Å²) < 4.78 is 36.9. The molecule has 0 saturated heterocycles. The van der Waals surface area contributed by atoms with Gasteiger partial charge in [-0.05, 0) is 50.6 Å². The van der Waals surface area contributed by atoms with Crippen LogP contribution in [0.25, 0.3) is 5.57 Å². The van der Waals surface area contributed by atoms with Crippen LogP contribution in [0.1, 0.15) is 25.0 Å². The molecular formula is C27H32N4O5S. The van der Waals surface area contributed by atoms with Gasteiger partial charge in [0.15, 0.2) is 6.34 Å². The first-order valence-corrected chi connectivity index (χ1v) is 13.2. The maximum Gasteiger partial charge on any atom is 0.332 e. The lowest BCUT2D eigenvalue weighted by molar-refractivity contribution is -0.756. The summed E-state index contributed by atoms with van der Waals surface area (Å²) in [6.45, 7) is 8.70. The minimum Gasteiger partial charge on any atom is -0.744 e. The van der Waals surface area contributed by atoms with Crippen LogP contribution in [-0.2, 0) is 19.6 Å². The molecule has 1 atom stereocenters. The molecule has 1 unspecified atom stereocenters. The van der Waals surface area contributed by atoms with E-state index in [2.05, 4.69) is 29.8 Å². The van der Waals surface area contributed by atoms with Crippen molar-refractivity contribution in [3.63, 3.8) is 0 Å². The molecular weight excluding hydrogens is 492 g/mol. The maximum atomic E-state index is 12.0. The van der Waals surface area contributed by atoms with Crippen LogP contribution in [0.4, 0.5) is 5.69 Å². The molecule has 37 heavy (non-hydrogen) atoms. The number of anilines is 1. The van der Waals surface area contributed by atoms with Crippen molar-refractivity contribution in [3.05, 3.63) is 78.1 Å². The number of likely N-dealkylation sites (N-methyl/N-ethyl adjacent to an activating group) is 1. The van der Waals surface area contributed by atoms with E-state index in [0.717, 1.165) is 24.3 Å². The van der Waals surface area contributed by atoms with Gasteiger partial charge in [0.1, 0.15) is 35.5 Å². The van der Waals surface area contributed by atoms with Gasteiger partial charge < -0.3 is 14.2 Å². The number of hydrogen-bond donors (Lipinski definition) is 0. The number of aliphatic imine (C=N–C) groups is 1. The second-order valence-electron chi connectivity index (χ2n) is 8.46. The van der Waals surface area contributed by atoms with E-state index in [4.69, 9.17) is 4.74 Å². The van der Waals surface area contributed by atoms with Crippen LogP contribution in [0.15, 0.2) is 76.9 Å². The Bertz CT molecular complexity index is 1280. The summed E-state index contributed by atoms with van der Waals surface area (Å²) >= 11 is 0. The number of nitrogens with zero attached hydrogens (tertiary/aromatic N) is 4. The Balaban J connectivity index is 0.000000364. The van der Waals surface area contributed by atoms with Crippen LogP contribution in [-0.4, -0.2) is 63.1 Å². The quantitative estimate of drug-likeness (QED) is 0.161. The van der Waals surface area contributed by atoms with Gasteiger partial charge in [-0.1, -0.05) is 29.8 Å². The predicted octanol–water partition coefficient (Wildman–Crippen LogP) is 3.84. The Hall–Kier alpha value is -3.78. The van der Waals surface area contributed by atoms with E-state index in [9.17, 15) is 23.0 Å². The number of esters is 1. The number of benzene rings is 2. The van der Waals surface area contributed by atoms with Gasteiger partial charge in [0, 0.05) is 24.9 Å². The van der Waals surface area contributed by atoms with Gasteiger partial charge in [-0.25, -0.2) is 18.2 Å². The Morgan fingerprint density at radius 3 is 2.24 bits per heavy atom. The number of ether oxygens (including phenoxy) is 1. The fourth-order valence-electron chi connectivity index (χ4n) is 3.38. The summed E-state index contributed by atoms with van der Waals surface area (Å²) in [5, 5.41) is 9.37. The number of nitriles is 1. The van der Waals surface area contributed by atoms with Crippen LogP contribution >= 0.6 is 0 Å². The van der Waals surface area contributed by atoms with Crippen molar-refractivity contribution in [1.29, 1.82) is 5.26 Å². The number of rotatable bonds is 9. The van der Waals surface area contributed by atoms with E-state index in [1.807, 2.05) is 44.4 Å². The minimum atomic E-state index is -4.27. The van der Waals surface area contributed by atoms with Gasteiger partial charge in [0.25, 0.3) is 0 Å². The zero-order chi connectivity index (χ0) is 27.5. The van der Waals surface area contributed by atoms with Crippen LogP contribution in [0.5, 0.6) is 0 Å². The lowest BCUT2D eigenvalue weighted by Crippen LogP contribution is -2.38. The average Bonchev–Trinajstić information content (AvgIpc) is 3.30. The first-order chi connectivity index (χ1) is 17.5. The summed E-state index contributed by atoms with van der Waals surface area (Å²) in [5.74, 6) is -0.513. The molecule has 0 amide bonds. The molecule has 10 heteroatoms. The predicted molar refractivity (Wildman–Crippen MR) is 142 cm³/mol. The van der Waals surface area contributed by atoms with E-state index in [1.54, 1.807) is 24.7 Å². The van der Waals surface area contributed by atoms with Gasteiger partial charge >= 0.3 is 5.97 Å². The van der Waals surface area contributed by atoms with Crippen molar-refractivity contribution in [2.24, 2.45) is 4.99 Å². The second kappa shape index (κ2) is 13.5. The fourth-order valence-corrected chi connectivity index (χ4v) is 3.85. The normalized spacial score (nSPS) is 16.5. The van der Waals surface area contributed by atoms with Gasteiger partial charge in [-0.3, -0.25) is 4.48 Å². The third-order valence-corrected chi connectivity index (χ3v) is 6.49. The van der Waals surface area contributed by atoms with E-state index >= 15 is 0 Å². The Morgan fingerprint density at radius 1 is 1.14 bits per heavy atom. The first-order valence-electron chi connectivity index (χ1n) is 11.7. The van der Waals surface area contributed by atoms with Crippen LogP contribution < -0.4 is 4.90 Å². The van der Waals surface area contributed by atoms with Gasteiger partial charge in [0.05, 0.1) is 23.7 Å². The van der Waals surface area contributed by atoms with E-state index in [0.29, 0.717) is 22.2 Å². The highest BCUT2D eigenvalue weighted by molar-refractivity contribution is 7.85. The number of carbonyl (C=O) groups is 1. The molecule has 0 aliphatic carbocycles. The van der Waals surface area contributed by atoms with Crippen LogP contribution in [0, 0.1) is 18.3 Å². The van der Waals surface area contributed by atoms with Crippen LogP contribution in [0.3, 0.4) is 0 Å². The van der Waals surface area contributed by atoms with Crippen molar-refractivity contribution < 1.29 is 27.0 Å². The molecule has 2 aromatic carbocycles. The third-order valence-electron chi connectivity index (χ3n) is 5.64. The summed E-state index contributed by atoms with van der Waals surface area (Å²) in [4.78, 5) is 18.1. The largest absolute Gasteiger partial charge is 0.744 e. The summed E-state index contributed by atoms with van der Waals surface area (Å²) in [6, 6.07) is 15.5. The Morgan fingerprint density at radius 2 is 1.76 bits per heavy atom. The lowest BCUT2D eigenvalue weighted by atomic mass is 10.1. The average molecular weight is 525 g/mol. The molecule has 0 saturated carbocycles. The lowest BCUT2D eigenvalue weighted by Gasteiger charge is -2.21. The molecule has 3 rings (SSSR count). The molecule has 1 aliphatic rings. The SMILES string of the molecule is CCN(CC)c1ccc(C(C#N)=CC(=O)OCC[N+]2(C)C=CN=C2)cc1.Cc1ccc(S(=O)(=O)[O-])cc1. The molecule has 9 nitrogen and oxygen atoms in total. The first kappa shape index (κ1) is 29.5. The van der Waals surface area contributed by atoms with Gasteiger partial charge in [-0.15, -0.1) is 0 Å². The number of allylic oxidation sites excluding steroid dienone is 1. The molecule has 1 aliphatic heterocycles. The molecule has 0 spiro atoms. The van der Waals surface area contributed by atoms with Gasteiger partial charge in [0.2, 0.25) is 0 Å². The Labute approximate surface area is 219 Å². The highest BCUT2D eigenvalue weighted by Gasteiger charge is 2.19. The summed E-state index contributed by atoms with van der Waals surface area (Å²) in [7, 11) is -2.30. The van der Waals surface area contributed by atoms with E-state index in [1.165, 1.54) is 18.2 Å². The van der Waals surface area contributed by atoms with E-state index in [-0.39, 0.29) is 11.5 Å². The second-order valence-corrected chi connectivity index (χ2v) is 9.84. The number of hydrogen-bond acceptors (Lipinski definition) is 8. The molecule has 0 aromatic heterocycles. The third kappa shape index (κ3) is 9.31. The topological polar surface area (TPSA) is 123 Å². The zero-order valence-electron chi connectivity index (χ0n) is 21.5. The fraction of sp³-hybridized carbons (Fsp3) is 0.296. The Kier molecular flexibility index (Phi) is 10.8. The number of aryl methyl sites for hydroxylation is 1. The molecule has 0 bridgehead atoms. The van der Waals surface area contributed by atoms with Crippen LogP contribution in [0.2, 0.25) is 0 Å².